The standard InChI is InChI=1S/C16H25N3O.2ClH/c1-18(16(20)10-5-11-17)15-9-6-12-19(13-15)14-7-3-2-4-8-14;;/h2-4,7-8,15H,5-6,9-13,17H2,1H3;2*1H. The molecule has 6 heteroatoms. The van der Waals surface area contributed by atoms with Crippen molar-refractivity contribution in [3.63, 3.8) is 0 Å². The summed E-state index contributed by atoms with van der Waals surface area (Å²) in [6.45, 7) is 2.58. The summed E-state index contributed by atoms with van der Waals surface area (Å²) >= 11 is 0. The summed E-state index contributed by atoms with van der Waals surface area (Å²) in [6.07, 6.45) is 3.56. The zero-order valence-corrected chi connectivity index (χ0v) is 14.7. The molecule has 1 saturated heterocycles. The van der Waals surface area contributed by atoms with Crippen LogP contribution in [0.2, 0.25) is 0 Å². The molecule has 1 aliphatic rings. The molecule has 22 heavy (non-hydrogen) atoms. The fraction of sp³-hybridized carbons (Fsp3) is 0.562. The zero-order valence-electron chi connectivity index (χ0n) is 13.1. The van der Waals surface area contributed by atoms with Gasteiger partial charge in [0.05, 0.1) is 0 Å². The van der Waals surface area contributed by atoms with Gasteiger partial charge in [-0.15, -0.1) is 24.8 Å². The average molecular weight is 348 g/mol. The van der Waals surface area contributed by atoms with Crippen molar-refractivity contribution in [3.8, 4) is 0 Å². The molecule has 1 amide bonds. The summed E-state index contributed by atoms with van der Waals surface area (Å²) in [5.41, 5.74) is 6.72. The van der Waals surface area contributed by atoms with Gasteiger partial charge in [0.15, 0.2) is 0 Å². The van der Waals surface area contributed by atoms with Gasteiger partial charge < -0.3 is 15.5 Å². The van der Waals surface area contributed by atoms with E-state index < -0.39 is 0 Å². The third kappa shape index (κ3) is 5.67. The van der Waals surface area contributed by atoms with Gasteiger partial charge >= 0.3 is 0 Å². The summed E-state index contributed by atoms with van der Waals surface area (Å²) in [4.78, 5) is 16.4. The summed E-state index contributed by atoms with van der Waals surface area (Å²) in [5, 5.41) is 0. The quantitative estimate of drug-likeness (QED) is 0.890. The smallest absolute Gasteiger partial charge is 0.222 e. The van der Waals surface area contributed by atoms with Gasteiger partial charge in [-0.25, -0.2) is 0 Å². The number of nitrogens with two attached hydrogens (primary N) is 1. The summed E-state index contributed by atoms with van der Waals surface area (Å²) in [6, 6.07) is 10.8. The highest BCUT2D eigenvalue weighted by molar-refractivity contribution is 5.85. The number of rotatable bonds is 5. The van der Waals surface area contributed by atoms with E-state index in [0.29, 0.717) is 19.0 Å². The molecule has 0 saturated carbocycles. The van der Waals surface area contributed by atoms with Crippen LogP contribution in [-0.2, 0) is 4.79 Å². The van der Waals surface area contributed by atoms with Crippen molar-refractivity contribution in [1.29, 1.82) is 0 Å². The Balaban J connectivity index is 0.00000220. The first-order chi connectivity index (χ1) is 9.72. The van der Waals surface area contributed by atoms with Crippen LogP contribution in [0.4, 0.5) is 5.69 Å². The van der Waals surface area contributed by atoms with Crippen LogP contribution >= 0.6 is 24.8 Å². The topological polar surface area (TPSA) is 49.6 Å². The van der Waals surface area contributed by atoms with E-state index in [9.17, 15) is 4.79 Å². The van der Waals surface area contributed by atoms with E-state index >= 15 is 0 Å². The van der Waals surface area contributed by atoms with E-state index in [4.69, 9.17) is 5.73 Å². The monoisotopic (exact) mass is 347 g/mol. The molecule has 0 bridgehead atoms. The number of piperidine rings is 1. The van der Waals surface area contributed by atoms with Gasteiger partial charge in [-0.05, 0) is 37.9 Å². The molecule has 1 unspecified atom stereocenters. The predicted octanol–water partition coefficient (Wildman–Crippen LogP) is 2.70. The van der Waals surface area contributed by atoms with E-state index in [-0.39, 0.29) is 30.7 Å². The third-order valence-electron chi connectivity index (χ3n) is 4.05. The Morgan fingerprint density at radius 3 is 2.64 bits per heavy atom. The highest BCUT2D eigenvalue weighted by Crippen LogP contribution is 2.22. The van der Waals surface area contributed by atoms with Crippen molar-refractivity contribution in [3.05, 3.63) is 30.3 Å². The molecule has 1 heterocycles. The minimum Gasteiger partial charge on any atom is -0.369 e. The molecular formula is C16H27Cl2N3O. The molecule has 1 aliphatic heterocycles. The highest BCUT2D eigenvalue weighted by Gasteiger charge is 2.25. The van der Waals surface area contributed by atoms with Crippen LogP contribution in [0.25, 0.3) is 0 Å². The van der Waals surface area contributed by atoms with Crippen molar-refractivity contribution >= 4 is 36.4 Å². The molecular weight excluding hydrogens is 321 g/mol. The summed E-state index contributed by atoms with van der Waals surface area (Å²) in [5.74, 6) is 0.218. The van der Waals surface area contributed by atoms with Crippen LogP contribution < -0.4 is 10.6 Å². The number of benzene rings is 1. The van der Waals surface area contributed by atoms with Crippen LogP contribution in [0.1, 0.15) is 25.7 Å². The molecule has 0 radical (unpaired) electrons. The maximum absolute atomic E-state index is 12.1. The van der Waals surface area contributed by atoms with Gasteiger partial charge in [0, 0.05) is 38.3 Å². The maximum Gasteiger partial charge on any atom is 0.222 e. The lowest BCUT2D eigenvalue weighted by Crippen LogP contribution is -2.48. The fourth-order valence-electron chi connectivity index (χ4n) is 2.78. The second-order valence-corrected chi connectivity index (χ2v) is 5.47. The SMILES string of the molecule is CN(C(=O)CCCN)C1CCCN(c2ccccc2)C1.Cl.Cl. The number of amides is 1. The number of nitrogens with zero attached hydrogens (tertiary/aromatic N) is 2. The minimum absolute atomic E-state index is 0. The van der Waals surface area contributed by atoms with Crippen LogP contribution in [0.5, 0.6) is 0 Å². The zero-order chi connectivity index (χ0) is 14.4. The number of carbonyl (C=O) groups is 1. The Morgan fingerprint density at radius 2 is 2.00 bits per heavy atom. The van der Waals surface area contributed by atoms with E-state index in [2.05, 4.69) is 29.2 Å². The van der Waals surface area contributed by atoms with Gasteiger partial charge in [0.25, 0.3) is 0 Å². The second kappa shape index (κ2) is 10.7. The summed E-state index contributed by atoms with van der Waals surface area (Å²) in [7, 11) is 1.93. The molecule has 2 rings (SSSR count). The Morgan fingerprint density at radius 1 is 1.32 bits per heavy atom. The first-order valence-electron chi connectivity index (χ1n) is 7.48. The van der Waals surface area contributed by atoms with Crippen molar-refractivity contribution in [2.45, 2.75) is 31.7 Å². The minimum atomic E-state index is 0. The Labute approximate surface area is 145 Å². The number of halogens is 2. The van der Waals surface area contributed by atoms with E-state index in [1.54, 1.807) is 0 Å². The number of hydrogen-bond donors (Lipinski definition) is 1. The fourth-order valence-corrected chi connectivity index (χ4v) is 2.78. The lowest BCUT2D eigenvalue weighted by Gasteiger charge is -2.39. The molecule has 0 aliphatic carbocycles. The van der Waals surface area contributed by atoms with Crippen molar-refractivity contribution < 1.29 is 4.79 Å². The van der Waals surface area contributed by atoms with Crippen LogP contribution in [-0.4, -0.2) is 43.5 Å². The predicted molar refractivity (Wildman–Crippen MR) is 97.2 cm³/mol. The lowest BCUT2D eigenvalue weighted by atomic mass is 10.0. The van der Waals surface area contributed by atoms with Gasteiger partial charge in [0.2, 0.25) is 5.91 Å². The first-order valence-corrected chi connectivity index (χ1v) is 7.48. The molecule has 1 atom stereocenters. The molecule has 1 aromatic rings. The number of hydrogen-bond acceptors (Lipinski definition) is 3. The number of anilines is 1. The van der Waals surface area contributed by atoms with E-state index in [0.717, 1.165) is 32.4 Å². The average Bonchev–Trinajstić information content (AvgIpc) is 2.53. The van der Waals surface area contributed by atoms with Gasteiger partial charge in [-0.2, -0.15) is 0 Å². The molecule has 1 aromatic carbocycles. The molecule has 126 valence electrons. The summed E-state index contributed by atoms with van der Waals surface area (Å²) < 4.78 is 0. The second-order valence-electron chi connectivity index (χ2n) is 5.47. The Hall–Kier alpha value is -0.970. The number of likely N-dealkylation sites (N-methyl/N-ethyl adjacent to an activating group) is 1. The number of para-hydroxylation sites is 1. The number of carbonyl (C=O) groups excluding carboxylic acids is 1. The molecule has 4 nitrogen and oxygen atoms in total. The van der Waals surface area contributed by atoms with Crippen LogP contribution in [0, 0.1) is 0 Å². The van der Waals surface area contributed by atoms with E-state index in [1.165, 1.54) is 5.69 Å². The van der Waals surface area contributed by atoms with Crippen molar-refractivity contribution in [2.75, 3.05) is 31.6 Å². The largest absolute Gasteiger partial charge is 0.369 e. The molecule has 0 spiro atoms. The van der Waals surface area contributed by atoms with Gasteiger partial charge in [0.1, 0.15) is 0 Å². The van der Waals surface area contributed by atoms with E-state index in [1.807, 2.05) is 18.0 Å². The lowest BCUT2D eigenvalue weighted by molar-refractivity contribution is -0.132. The Kier molecular flexibility index (Phi) is 10.2. The van der Waals surface area contributed by atoms with Crippen LogP contribution in [0.3, 0.4) is 0 Å². The van der Waals surface area contributed by atoms with Gasteiger partial charge in [-0.1, -0.05) is 18.2 Å². The van der Waals surface area contributed by atoms with Gasteiger partial charge in [-0.3, -0.25) is 4.79 Å². The van der Waals surface area contributed by atoms with Crippen LogP contribution in [0.15, 0.2) is 30.3 Å². The maximum atomic E-state index is 12.1. The highest BCUT2D eigenvalue weighted by atomic mass is 35.5. The van der Waals surface area contributed by atoms with Crippen molar-refractivity contribution in [1.82, 2.24) is 4.90 Å². The third-order valence-corrected chi connectivity index (χ3v) is 4.05. The first kappa shape index (κ1) is 21.0. The molecule has 2 N–H and O–H groups in total. The molecule has 1 fully saturated rings. The normalized spacial score (nSPS) is 17.2. The van der Waals surface area contributed by atoms with Crippen molar-refractivity contribution in [2.24, 2.45) is 5.73 Å². The Bertz CT molecular complexity index is 431. The molecule has 0 aromatic heterocycles.